The Kier molecular flexibility index (Phi) is 9.29. The van der Waals surface area contributed by atoms with Crippen LogP contribution in [-0.4, -0.2) is 74.1 Å². The van der Waals surface area contributed by atoms with Gasteiger partial charge in [-0.25, -0.2) is 4.79 Å². The Bertz CT molecular complexity index is 1090. The summed E-state index contributed by atoms with van der Waals surface area (Å²) in [4.78, 5) is 14.6. The van der Waals surface area contributed by atoms with E-state index >= 15 is 8.78 Å². The van der Waals surface area contributed by atoms with Crippen molar-refractivity contribution in [2.24, 2.45) is 5.11 Å². The number of halogens is 2. The maximum atomic E-state index is 15.1. The minimum Gasteiger partial charge on any atom is -0.461 e. The van der Waals surface area contributed by atoms with Crippen molar-refractivity contribution < 1.29 is 37.7 Å². The van der Waals surface area contributed by atoms with E-state index in [4.69, 9.17) is 14.7 Å². The summed E-state index contributed by atoms with van der Waals surface area (Å²) >= 11 is 0. The SMILES string of the molecule is CCOC(=O)C(F)(F)[C@@H]1O[C@H](CO[Si](c2ccccc2)(c2ccccc2)C(C)(C)C)[C@@H](O)[C@H](O)[C@H]1N=[N+]=[N-]. The highest BCUT2D eigenvalue weighted by molar-refractivity contribution is 6.99. The van der Waals surface area contributed by atoms with Crippen LogP contribution in [0.25, 0.3) is 10.4 Å². The van der Waals surface area contributed by atoms with Gasteiger partial charge in [-0.15, -0.1) is 0 Å². The van der Waals surface area contributed by atoms with E-state index in [0.29, 0.717) is 0 Å². The molecule has 9 nitrogen and oxygen atoms in total. The molecule has 0 amide bonds. The monoisotopic (exact) mass is 549 g/mol. The number of aliphatic hydroxyl groups excluding tert-OH is 2. The minimum atomic E-state index is -4.27. The molecule has 1 aliphatic rings. The molecule has 2 aromatic rings. The molecular formula is C26H33F2N3O6Si. The number of hydrogen-bond acceptors (Lipinski definition) is 7. The van der Waals surface area contributed by atoms with Crippen LogP contribution in [0.3, 0.4) is 0 Å². The first-order chi connectivity index (χ1) is 17.9. The van der Waals surface area contributed by atoms with Crippen molar-refractivity contribution in [2.45, 2.75) is 69.1 Å². The Labute approximate surface area is 221 Å². The number of nitrogens with zero attached hydrogens (tertiary/aromatic N) is 3. The molecule has 1 heterocycles. The van der Waals surface area contributed by atoms with Crippen LogP contribution in [0.4, 0.5) is 8.78 Å². The van der Waals surface area contributed by atoms with Crippen LogP contribution in [-0.2, 0) is 18.7 Å². The predicted octanol–water partition coefficient (Wildman–Crippen LogP) is 2.93. The van der Waals surface area contributed by atoms with Crippen molar-refractivity contribution in [2.75, 3.05) is 13.2 Å². The molecule has 1 fully saturated rings. The van der Waals surface area contributed by atoms with Gasteiger partial charge in [0.2, 0.25) is 0 Å². The lowest BCUT2D eigenvalue weighted by Crippen LogP contribution is -2.69. The number of rotatable bonds is 9. The Morgan fingerprint density at radius 2 is 1.58 bits per heavy atom. The van der Waals surface area contributed by atoms with Gasteiger partial charge in [-0.05, 0) is 27.9 Å². The van der Waals surface area contributed by atoms with Gasteiger partial charge in [-0.1, -0.05) is 86.5 Å². The Balaban J connectivity index is 2.04. The molecule has 0 saturated carbocycles. The summed E-state index contributed by atoms with van der Waals surface area (Å²) in [7, 11) is -3.15. The summed E-state index contributed by atoms with van der Waals surface area (Å²) in [5.41, 5.74) is 8.90. The lowest BCUT2D eigenvalue weighted by atomic mass is 9.90. The molecule has 2 aromatic carbocycles. The summed E-state index contributed by atoms with van der Waals surface area (Å²) in [6.45, 7) is 6.70. The quantitative estimate of drug-likeness (QED) is 0.162. The zero-order chi connectivity index (χ0) is 28.1. The number of carbonyl (C=O) groups excluding carboxylic acids is 1. The molecule has 1 saturated heterocycles. The molecule has 38 heavy (non-hydrogen) atoms. The van der Waals surface area contributed by atoms with Crippen LogP contribution < -0.4 is 10.4 Å². The Morgan fingerprint density at radius 1 is 1.05 bits per heavy atom. The van der Waals surface area contributed by atoms with Crippen LogP contribution in [0.2, 0.25) is 5.04 Å². The third-order valence-corrected chi connectivity index (χ3v) is 11.7. The second-order valence-corrected chi connectivity index (χ2v) is 14.4. The van der Waals surface area contributed by atoms with E-state index in [0.717, 1.165) is 10.4 Å². The molecule has 0 bridgehead atoms. The molecule has 1 aliphatic heterocycles. The van der Waals surface area contributed by atoms with Crippen molar-refractivity contribution in [1.82, 2.24) is 0 Å². The summed E-state index contributed by atoms with van der Waals surface area (Å²) < 4.78 is 46.9. The van der Waals surface area contributed by atoms with Gasteiger partial charge in [-0.2, -0.15) is 8.78 Å². The average molecular weight is 550 g/mol. The largest absolute Gasteiger partial charge is 0.461 e. The highest BCUT2D eigenvalue weighted by Crippen LogP contribution is 2.39. The molecule has 0 unspecified atom stereocenters. The molecular weight excluding hydrogens is 516 g/mol. The number of benzene rings is 2. The highest BCUT2D eigenvalue weighted by atomic mass is 28.4. The van der Waals surface area contributed by atoms with Crippen molar-refractivity contribution in [3.8, 4) is 0 Å². The van der Waals surface area contributed by atoms with Gasteiger partial charge >= 0.3 is 11.9 Å². The van der Waals surface area contributed by atoms with Crippen LogP contribution in [0.1, 0.15) is 27.7 Å². The van der Waals surface area contributed by atoms with Crippen LogP contribution in [0.15, 0.2) is 65.8 Å². The lowest BCUT2D eigenvalue weighted by Gasteiger charge is -2.46. The minimum absolute atomic E-state index is 0.321. The van der Waals surface area contributed by atoms with Gasteiger partial charge in [0.1, 0.15) is 18.3 Å². The predicted molar refractivity (Wildman–Crippen MR) is 139 cm³/mol. The van der Waals surface area contributed by atoms with Crippen molar-refractivity contribution in [3.63, 3.8) is 0 Å². The summed E-state index contributed by atoms with van der Waals surface area (Å²) in [6, 6.07) is 17.1. The fraction of sp³-hybridized carbons (Fsp3) is 0.500. The van der Waals surface area contributed by atoms with Gasteiger partial charge in [0.05, 0.1) is 25.4 Å². The third kappa shape index (κ3) is 5.61. The van der Waals surface area contributed by atoms with Crippen LogP contribution >= 0.6 is 0 Å². The molecule has 0 spiro atoms. The van der Waals surface area contributed by atoms with Crippen molar-refractivity contribution >= 4 is 24.7 Å². The van der Waals surface area contributed by atoms with E-state index in [-0.39, 0.29) is 13.2 Å². The fourth-order valence-corrected chi connectivity index (χ4v) is 9.46. The van der Waals surface area contributed by atoms with Gasteiger partial charge in [0.25, 0.3) is 8.32 Å². The number of azide groups is 1. The topological polar surface area (TPSA) is 134 Å². The first-order valence-corrected chi connectivity index (χ1v) is 14.2. The summed E-state index contributed by atoms with van der Waals surface area (Å²) in [5, 5.41) is 26.1. The van der Waals surface area contributed by atoms with E-state index in [9.17, 15) is 15.0 Å². The normalized spacial score (nSPS) is 24.4. The summed E-state index contributed by atoms with van der Waals surface area (Å²) in [5.74, 6) is -6.16. The van der Waals surface area contributed by atoms with Crippen LogP contribution in [0, 0.1) is 0 Å². The third-order valence-electron chi connectivity index (χ3n) is 6.68. The number of carbonyl (C=O) groups is 1. The molecule has 2 N–H and O–H groups in total. The molecule has 0 radical (unpaired) electrons. The highest BCUT2D eigenvalue weighted by Gasteiger charge is 2.60. The van der Waals surface area contributed by atoms with Gasteiger partial charge in [0, 0.05) is 4.91 Å². The zero-order valence-electron chi connectivity index (χ0n) is 21.7. The second kappa shape index (κ2) is 11.9. The summed E-state index contributed by atoms with van der Waals surface area (Å²) in [6.07, 6.45) is -7.54. The molecule has 206 valence electrons. The Morgan fingerprint density at radius 3 is 2.03 bits per heavy atom. The Hall–Kier alpha value is -2.86. The standard InChI is InChI=1S/C26H33F2N3O6Si/c1-5-35-24(34)26(27,28)23-20(30-31-29)22(33)21(32)19(37-23)16-36-38(25(2,3)4,17-12-8-6-9-13-17)18-14-10-7-11-15-18/h6-15,19-23,32-33H,5,16H2,1-4H3/t19-,20-,21-,22-,23-/m1/s1. The van der Waals surface area contributed by atoms with Gasteiger partial charge < -0.3 is 24.1 Å². The lowest BCUT2D eigenvalue weighted by molar-refractivity contribution is -0.249. The number of alkyl halides is 2. The number of aliphatic hydroxyl groups is 2. The first kappa shape index (κ1) is 29.7. The smallest absolute Gasteiger partial charge is 0.379 e. The fourth-order valence-electron chi connectivity index (χ4n) is 4.89. The molecule has 5 atom stereocenters. The first-order valence-electron chi connectivity index (χ1n) is 12.3. The molecule has 0 aromatic heterocycles. The molecule has 0 aliphatic carbocycles. The molecule has 3 rings (SSSR count). The maximum Gasteiger partial charge on any atom is 0.379 e. The van der Waals surface area contributed by atoms with E-state index in [1.54, 1.807) is 0 Å². The van der Waals surface area contributed by atoms with E-state index in [1.165, 1.54) is 6.92 Å². The maximum absolute atomic E-state index is 15.1. The van der Waals surface area contributed by atoms with E-state index in [1.807, 2.05) is 81.4 Å². The van der Waals surface area contributed by atoms with Gasteiger partial charge in [-0.3, -0.25) is 0 Å². The van der Waals surface area contributed by atoms with E-state index < -0.39 is 55.7 Å². The second-order valence-electron chi connectivity index (χ2n) is 10.1. The zero-order valence-corrected chi connectivity index (χ0v) is 22.7. The van der Waals surface area contributed by atoms with Gasteiger partial charge in [0.15, 0.2) is 0 Å². The van der Waals surface area contributed by atoms with Crippen molar-refractivity contribution in [1.29, 1.82) is 0 Å². The number of ether oxygens (including phenoxy) is 2. The van der Waals surface area contributed by atoms with E-state index in [2.05, 4.69) is 14.8 Å². The van der Waals surface area contributed by atoms with Crippen LogP contribution in [0.5, 0.6) is 0 Å². The number of hydrogen-bond donors (Lipinski definition) is 2. The molecule has 12 heteroatoms. The van der Waals surface area contributed by atoms with Crippen molar-refractivity contribution in [3.05, 3.63) is 71.1 Å². The average Bonchev–Trinajstić information content (AvgIpc) is 2.88. The number of esters is 1.